The zero-order chi connectivity index (χ0) is 13.1. The highest BCUT2D eigenvalue weighted by molar-refractivity contribution is 8.00. The van der Waals surface area contributed by atoms with Gasteiger partial charge in [-0.1, -0.05) is 37.3 Å². The van der Waals surface area contributed by atoms with Crippen LogP contribution in [0.4, 0.5) is 0 Å². The number of aryl methyl sites for hydroxylation is 1. The highest BCUT2D eigenvalue weighted by atomic mass is 32.2. The summed E-state index contributed by atoms with van der Waals surface area (Å²) in [5.41, 5.74) is 2.79. The van der Waals surface area contributed by atoms with Crippen LogP contribution in [0.3, 0.4) is 0 Å². The van der Waals surface area contributed by atoms with Gasteiger partial charge in [0.05, 0.1) is 0 Å². The highest BCUT2D eigenvalue weighted by Crippen LogP contribution is 2.36. The molecule has 0 saturated heterocycles. The van der Waals surface area contributed by atoms with Gasteiger partial charge in [-0.2, -0.15) is 0 Å². The number of ether oxygens (including phenoxy) is 1. The van der Waals surface area contributed by atoms with Gasteiger partial charge < -0.3 is 4.74 Å². The standard InChI is InChI=1S/C17H18OS/c1-2-13-6-5-8-15(10-13)18-12-16-11-14-7-3-4-9-17(14)19-16/h3-10,16H,2,11-12H2,1H3. The molecule has 2 heteroatoms. The second-order valence-electron chi connectivity index (χ2n) is 4.86. The van der Waals surface area contributed by atoms with Gasteiger partial charge in [0, 0.05) is 10.1 Å². The van der Waals surface area contributed by atoms with Crippen LogP contribution in [0, 0.1) is 0 Å². The van der Waals surface area contributed by atoms with Crippen molar-refractivity contribution < 1.29 is 4.74 Å². The quantitative estimate of drug-likeness (QED) is 0.817. The van der Waals surface area contributed by atoms with Gasteiger partial charge in [-0.3, -0.25) is 0 Å². The van der Waals surface area contributed by atoms with E-state index in [0.29, 0.717) is 5.25 Å². The van der Waals surface area contributed by atoms with E-state index < -0.39 is 0 Å². The molecule has 98 valence electrons. The number of benzene rings is 2. The van der Waals surface area contributed by atoms with Gasteiger partial charge in [-0.15, -0.1) is 11.8 Å². The highest BCUT2D eigenvalue weighted by Gasteiger charge is 2.22. The van der Waals surface area contributed by atoms with E-state index in [1.54, 1.807) is 0 Å². The average molecular weight is 270 g/mol. The summed E-state index contributed by atoms with van der Waals surface area (Å²) in [6.07, 6.45) is 2.18. The lowest BCUT2D eigenvalue weighted by atomic mass is 10.1. The molecule has 0 fully saturated rings. The van der Waals surface area contributed by atoms with Crippen molar-refractivity contribution in [3.05, 3.63) is 59.7 Å². The molecule has 1 heterocycles. The van der Waals surface area contributed by atoms with Crippen LogP contribution >= 0.6 is 11.8 Å². The molecular weight excluding hydrogens is 252 g/mol. The minimum atomic E-state index is 0.544. The topological polar surface area (TPSA) is 9.23 Å². The van der Waals surface area contributed by atoms with Gasteiger partial charge in [0.15, 0.2) is 0 Å². The van der Waals surface area contributed by atoms with Crippen molar-refractivity contribution in [1.82, 2.24) is 0 Å². The Hall–Kier alpha value is -1.41. The smallest absolute Gasteiger partial charge is 0.119 e. The van der Waals surface area contributed by atoms with Gasteiger partial charge in [-0.05, 0) is 42.2 Å². The Morgan fingerprint density at radius 1 is 1.16 bits per heavy atom. The Morgan fingerprint density at radius 3 is 2.89 bits per heavy atom. The molecule has 0 radical (unpaired) electrons. The molecular formula is C17H18OS. The van der Waals surface area contributed by atoms with E-state index in [1.807, 2.05) is 17.8 Å². The first-order valence-corrected chi connectivity index (χ1v) is 7.69. The molecule has 0 amide bonds. The Bertz CT molecular complexity index is 540. The van der Waals surface area contributed by atoms with Crippen LogP contribution in [0.1, 0.15) is 18.1 Å². The number of rotatable bonds is 4. The van der Waals surface area contributed by atoms with Gasteiger partial charge >= 0.3 is 0 Å². The van der Waals surface area contributed by atoms with Crippen molar-refractivity contribution >= 4 is 11.8 Å². The average Bonchev–Trinajstić information content (AvgIpc) is 2.88. The predicted molar refractivity (Wildman–Crippen MR) is 81.1 cm³/mol. The molecule has 0 aromatic heterocycles. The summed E-state index contributed by atoms with van der Waals surface area (Å²) in [6, 6.07) is 17.1. The fourth-order valence-corrected chi connectivity index (χ4v) is 3.61. The van der Waals surface area contributed by atoms with Crippen molar-refractivity contribution in [2.75, 3.05) is 6.61 Å². The summed E-state index contributed by atoms with van der Waals surface area (Å²) < 4.78 is 5.94. The maximum absolute atomic E-state index is 5.94. The van der Waals surface area contributed by atoms with E-state index in [1.165, 1.54) is 16.0 Å². The Balaban J connectivity index is 1.59. The van der Waals surface area contributed by atoms with E-state index in [-0.39, 0.29) is 0 Å². The van der Waals surface area contributed by atoms with Gasteiger partial charge in [0.2, 0.25) is 0 Å². The first kappa shape index (κ1) is 12.6. The lowest BCUT2D eigenvalue weighted by molar-refractivity contribution is 0.317. The molecule has 0 bridgehead atoms. The van der Waals surface area contributed by atoms with Crippen molar-refractivity contribution in [2.45, 2.75) is 29.9 Å². The molecule has 0 aliphatic carbocycles. The van der Waals surface area contributed by atoms with Crippen LogP contribution in [-0.4, -0.2) is 11.9 Å². The van der Waals surface area contributed by atoms with Crippen LogP contribution in [-0.2, 0) is 12.8 Å². The summed E-state index contributed by atoms with van der Waals surface area (Å²) in [4.78, 5) is 1.42. The van der Waals surface area contributed by atoms with Crippen LogP contribution in [0.25, 0.3) is 0 Å². The molecule has 1 unspecified atom stereocenters. The molecule has 3 rings (SSSR count). The van der Waals surface area contributed by atoms with Crippen LogP contribution in [0.15, 0.2) is 53.4 Å². The summed E-state index contributed by atoms with van der Waals surface area (Å²) in [6.45, 7) is 2.95. The molecule has 0 spiro atoms. The molecule has 0 N–H and O–H groups in total. The summed E-state index contributed by atoms with van der Waals surface area (Å²) in [5.74, 6) is 0.996. The number of hydrogen-bond acceptors (Lipinski definition) is 2. The maximum atomic E-state index is 5.94. The second-order valence-corrected chi connectivity index (χ2v) is 6.21. The molecule has 0 saturated carbocycles. The van der Waals surface area contributed by atoms with E-state index in [2.05, 4.69) is 49.4 Å². The largest absolute Gasteiger partial charge is 0.492 e. The van der Waals surface area contributed by atoms with Crippen molar-refractivity contribution in [3.8, 4) is 5.75 Å². The zero-order valence-electron chi connectivity index (χ0n) is 11.1. The van der Waals surface area contributed by atoms with E-state index in [9.17, 15) is 0 Å². The summed E-state index contributed by atoms with van der Waals surface area (Å²) in [7, 11) is 0. The lowest BCUT2D eigenvalue weighted by Gasteiger charge is -2.11. The predicted octanol–water partition coefficient (Wildman–Crippen LogP) is 4.34. The minimum Gasteiger partial charge on any atom is -0.492 e. The fourth-order valence-electron chi connectivity index (χ4n) is 2.39. The fraction of sp³-hybridized carbons (Fsp3) is 0.294. The molecule has 2 aromatic rings. The Kier molecular flexibility index (Phi) is 3.79. The maximum Gasteiger partial charge on any atom is 0.119 e. The number of thioether (sulfide) groups is 1. The number of hydrogen-bond donors (Lipinski definition) is 0. The zero-order valence-corrected chi connectivity index (χ0v) is 12.0. The molecule has 1 aliphatic heterocycles. The first-order valence-electron chi connectivity index (χ1n) is 6.81. The molecule has 1 aliphatic rings. The third kappa shape index (κ3) is 2.95. The third-order valence-corrected chi connectivity index (χ3v) is 4.74. The van der Waals surface area contributed by atoms with E-state index >= 15 is 0 Å². The second kappa shape index (κ2) is 5.70. The molecule has 19 heavy (non-hydrogen) atoms. The molecule has 1 atom stereocenters. The lowest BCUT2D eigenvalue weighted by Crippen LogP contribution is -2.13. The number of fused-ring (bicyclic) bond motifs is 1. The molecule has 1 nitrogen and oxygen atoms in total. The van der Waals surface area contributed by atoms with Crippen molar-refractivity contribution in [2.24, 2.45) is 0 Å². The Morgan fingerprint density at radius 2 is 2.05 bits per heavy atom. The minimum absolute atomic E-state index is 0.544. The van der Waals surface area contributed by atoms with Crippen molar-refractivity contribution in [3.63, 3.8) is 0 Å². The first-order chi connectivity index (χ1) is 9.35. The normalized spacial score (nSPS) is 17.2. The van der Waals surface area contributed by atoms with Crippen LogP contribution < -0.4 is 4.74 Å². The third-order valence-electron chi connectivity index (χ3n) is 3.46. The van der Waals surface area contributed by atoms with Gasteiger partial charge in [0.1, 0.15) is 12.4 Å². The molecule has 2 aromatic carbocycles. The summed E-state index contributed by atoms with van der Waals surface area (Å²) in [5, 5.41) is 0.544. The monoisotopic (exact) mass is 270 g/mol. The summed E-state index contributed by atoms with van der Waals surface area (Å²) >= 11 is 1.94. The van der Waals surface area contributed by atoms with Gasteiger partial charge in [-0.25, -0.2) is 0 Å². The SMILES string of the molecule is CCc1cccc(OCC2Cc3ccccc3S2)c1. The van der Waals surface area contributed by atoms with Crippen molar-refractivity contribution in [1.29, 1.82) is 0 Å². The van der Waals surface area contributed by atoms with Crippen LogP contribution in [0.5, 0.6) is 5.75 Å². The van der Waals surface area contributed by atoms with Crippen LogP contribution in [0.2, 0.25) is 0 Å². The Labute approximate surface area is 119 Å². The van der Waals surface area contributed by atoms with Gasteiger partial charge in [0.25, 0.3) is 0 Å². The van der Waals surface area contributed by atoms with E-state index in [4.69, 9.17) is 4.74 Å². The van der Waals surface area contributed by atoms with E-state index in [0.717, 1.165) is 25.2 Å².